The molecule has 2 heterocycles. The summed E-state index contributed by atoms with van der Waals surface area (Å²) in [6, 6.07) is 8.60. The molecular weight excluding hydrogens is 347 g/mol. The van der Waals surface area contributed by atoms with Gasteiger partial charge in [-0.25, -0.2) is 4.39 Å². The first kappa shape index (κ1) is 17.4. The van der Waals surface area contributed by atoms with E-state index in [-0.39, 0.29) is 24.4 Å². The van der Waals surface area contributed by atoms with Crippen LogP contribution in [0.1, 0.15) is 17.5 Å². The van der Waals surface area contributed by atoms with Gasteiger partial charge in [0.05, 0.1) is 17.4 Å². The van der Waals surface area contributed by atoms with Crippen molar-refractivity contribution in [3.63, 3.8) is 0 Å². The minimum Gasteiger partial charge on any atom is -0.489 e. The van der Waals surface area contributed by atoms with Crippen molar-refractivity contribution in [3.8, 4) is 11.5 Å². The number of nitrogens with one attached hydrogen (secondary N) is 1. The number of hydrogen-bond donors (Lipinski definition) is 1. The Morgan fingerprint density at radius 1 is 1.30 bits per heavy atom. The van der Waals surface area contributed by atoms with Gasteiger partial charge in [0, 0.05) is 12.6 Å². The molecule has 2 aliphatic heterocycles. The van der Waals surface area contributed by atoms with Gasteiger partial charge in [-0.15, -0.1) is 6.58 Å². The summed E-state index contributed by atoms with van der Waals surface area (Å²) in [5.74, 6) is 0.755. The van der Waals surface area contributed by atoms with E-state index in [9.17, 15) is 9.18 Å². The van der Waals surface area contributed by atoms with Crippen LogP contribution in [0.2, 0.25) is 0 Å². The standard InChI is InChI=1S/C21H21FN2O3/c1-3-4-16-11-26-19-9-15(22)6-7-17(19)24(16)10-14-5-8-18-21(13(14)2)23-20(25)12-27-18/h3,5-9,16H,1,4,10-12H2,2H3,(H,23,25)/t16-/m0/s1. The first-order valence-electron chi connectivity index (χ1n) is 8.92. The summed E-state index contributed by atoms with van der Waals surface area (Å²) in [6.07, 6.45) is 2.62. The van der Waals surface area contributed by atoms with Gasteiger partial charge in [0.1, 0.15) is 23.9 Å². The van der Waals surface area contributed by atoms with Crippen LogP contribution in [0.3, 0.4) is 0 Å². The molecule has 0 radical (unpaired) electrons. The van der Waals surface area contributed by atoms with Gasteiger partial charge in [-0.3, -0.25) is 4.79 Å². The Hall–Kier alpha value is -3.02. The number of rotatable bonds is 4. The van der Waals surface area contributed by atoms with Crippen LogP contribution >= 0.6 is 0 Å². The number of benzene rings is 2. The monoisotopic (exact) mass is 368 g/mol. The molecule has 0 spiro atoms. The van der Waals surface area contributed by atoms with Crippen LogP contribution in [-0.2, 0) is 11.3 Å². The van der Waals surface area contributed by atoms with Gasteiger partial charge in [-0.2, -0.15) is 0 Å². The van der Waals surface area contributed by atoms with E-state index in [1.165, 1.54) is 12.1 Å². The number of hydrogen-bond acceptors (Lipinski definition) is 4. The molecular formula is C21H21FN2O3. The van der Waals surface area contributed by atoms with Gasteiger partial charge >= 0.3 is 0 Å². The highest BCUT2D eigenvalue weighted by Gasteiger charge is 2.28. The number of carbonyl (C=O) groups excluding carboxylic acids is 1. The van der Waals surface area contributed by atoms with Gasteiger partial charge in [0.15, 0.2) is 6.61 Å². The average molecular weight is 368 g/mol. The Kier molecular flexibility index (Phi) is 4.48. The van der Waals surface area contributed by atoms with Crippen LogP contribution in [0.25, 0.3) is 0 Å². The van der Waals surface area contributed by atoms with E-state index in [2.05, 4.69) is 16.8 Å². The second kappa shape index (κ2) is 6.95. The molecule has 1 amide bonds. The zero-order valence-electron chi connectivity index (χ0n) is 15.1. The number of nitrogens with zero attached hydrogens (tertiary/aromatic N) is 1. The van der Waals surface area contributed by atoms with Crippen LogP contribution in [0, 0.1) is 12.7 Å². The van der Waals surface area contributed by atoms with Crippen LogP contribution < -0.4 is 19.7 Å². The number of carbonyl (C=O) groups is 1. The maximum Gasteiger partial charge on any atom is 0.262 e. The van der Waals surface area contributed by atoms with Crippen LogP contribution in [0.5, 0.6) is 11.5 Å². The highest BCUT2D eigenvalue weighted by atomic mass is 19.1. The molecule has 0 saturated carbocycles. The fourth-order valence-corrected chi connectivity index (χ4v) is 3.59. The fraction of sp³-hybridized carbons (Fsp3) is 0.286. The lowest BCUT2D eigenvalue weighted by Crippen LogP contribution is -2.42. The molecule has 27 heavy (non-hydrogen) atoms. The maximum atomic E-state index is 13.6. The van der Waals surface area contributed by atoms with Crippen molar-refractivity contribution in [1.29, 1.82) is 0 Å². The molecule has 2 aliphatic rings. The summed E-state index contributed by atoms with van der Waals surface area (Å²) in [5.41, 5.74) is 3.60. The van der Waals surface area contributed by atoms with Crippen LogP contribution in [0.4, 0.5) is 15.8 Å². The summed E-state index contributed by atoms with van der Waals surface area (Å²) in [4.78, 5) is 13.9. The van der Waals surface area contributed by atoms with Crippen molar-refractivity contribution in [1.82, 2.24) is 0 Å². The first-order chi connectivity index (χ1) is 13.1. The molecule has 2 aromatic rings. The summed E-state index contributed by atoms with van der Waals surface area (Å²) in [5, 5.41) is 2.90. The Morgan fingerprint density at radius 3 is 2.96 bits per heavy atom. The number of fused-ring (bicyclic) bond motifs is 2. The van der Waals surface area contributed by atoms with Crippen molar-refractivity contribution in [2.45, 2.75) is 25.9 Å². The van der Waals surface area contributed by atoms with Crippen molar-refractivity contribution < 1.29 is 18.7 Å². The van der Waals surface area contributed by atoms with Crippen molar-refractivity contribution in [2.75, 3.05) is 23.4 Å². The fourth-order valence-electron chi connectivity index (χ4n) is 3.59. The molecule has 0 aromatic heterocycles. The minimum absolute atomic E-state index is 0.0373. The van der Waals surface area contributed by atoms with E-state index in [1.54, 1.807) is 6.07 Å². The molecule has 0 unspecified atom stereocenters. The third kappa shape index (κ3) is 3.23. The number of amides is 1. The number of halogens is 1. The predicted octanol–water partition coefficient (Wildman–Crippen LogP) is 3.81. The Balaban J connectivity index is 1.71. The zero-order valence-corrected chi connectivity index (χ0v) is 15.1. The van der Waals surface area contributed by atoms with E-state index < -0.39 is 0 Å². The third-order valence-corrected chi connectivity index (χ3v) is 5.04. The Bertz CT molecular complexity index is 913. The van der Waals surface area contributed by atoms with Crippen LogP contribution in [0.15, 0.2) is 43.0 Å². The predicted molar refractivity (Wildman–Crippen MR) is 102 cm³/mol. The molecule has 0 aliphatic carbocycles. The summed E-state index contributed by atoms with van der Waals surface area (Å²) in [6.45, 7) is 6.92. The topological polar surface area (TPSA) is 50.8 Å². The molecule has 0 fully saturated rings. The zero-order chi connectivity index (χ0) is 19.0. The average Bonchev–Trinajstić information content (AvgIpc) is 2.66. The molecule has 6 heteroatoms. The molecule has 0 saturated heterocycles. The molecule has 5 nitrogen and oxygen atoms in total. The summed E-state index contributed by atoms with van der Waals surface area (Å²) in [7, 11) is 0. The van der Waals surface area contributed by atoms with Gasteiger partial charge in [-0.1, -0.05) is 12.1 Å². The first-order valence-corrected chi connectivity index (χ1v) is 8.92. The van der Waals surface area contributed by atoms with E-state index in [4.69, 9.17) is 9.47 Å². The minimum atomic E-state index is -0.319. The van der Waals surface area contributed by atoms with Gasteiger partial charge < -0.3 is 19.7 Å². The number of ether oxygens (including phenoxy) is 2. The number of anilines is 2. The smallest absolute Gasteiger partial charge is 0.262 e. The maximum absolute atomic E-state index is 13.6. The summed E-state index contributed by atoms with van der Waals surface area (Å²) < 4.78 is 24.9. The molecule has 0 bridgehead atoms. The third-order valence-electron chi connectivity index (χ3n) is 5.04. The van der Waals surface area contributed by atoms with Crippen molar-refractivity contribution in [2.24, 2.45) is 0 Å². The summed E-state index contributed by atoms with van der Waals surface area (Å²) >= 11 is 0. The Labute approximate surface area is 157 Å². The van der Waals surface area contributed by atoms with Gasteiger partial charge in [0.2, 0.25) is 0 Å². The van der Waals surface area contributed by atoms with E-state index in [0.717, 1.165) is 28.9 Å². The lowest BCUT2D eigenvalue weighted by atomic mass is 10.0. The van der Waals surface area contributed by atoms with Gasteiger partial charge in [0.25, 0.3) is 5.91 Å². The van der Waals surface area contributed by atoms with E-state index in [1.807, 2.05) is 25.1 Å². The highest BCUT2D eigenvalue weighted by molar-refractivity contribution is 5.96. The SMILES string of the molecule is C=CC[C@H]1COc2cc(F)ccc2N1Cc1ccc2c(c1C)NC(=O)CO2. The largest absolute Gasteiger partial charge is 0.489 e. The van der Waals surface area contributed by atoms with Crippen molar-refractivity contribution in [3.05, 3.63) is 59.9 Å². The molecule has 1 N–H and O–H groups in total. The quantitative estimate of drug-likeness (QED) is 0.834. The molecule has 140 valence electrons. The lowest BCUT2D eigenvalue weighted by molar-refractivity contribution is -0.118. The van der Waals surface area contributed by atoms with E-state index in [0.29, 0.717) is 24.7 Å². The lowest BCUT2D eigenvalue weighted by Gasteiger charge is -2.39. The molecule has 4 rings (SSSR count). The van der Waals surface area contributed by atoms with Gasteiger partial charge in [-0.05, 0) is 42.7 Å². The Morgan fingerprint density at radius 2 is 2.15 bits per heavy atom. The van der Waals surface area contributed by atoms with Crippen molar-refractivity contribution >= 4 is 17.3 Å². The molecule has 1 atom stereocenters. The second-order valence-electron chi connectivity index (χ2n) is 6.79. The normalized spacial score (nSPS) is 17.9. The highest BCUT2D eigenvalue weighted by Crippen LogP contribution is 2.39. The molecule has 2 aromatic carbocycles. The van der Waals surface area contributed by atoms with E-state index >= 15 is 0 Å². The second-order valence-corrected chi connectivity index (χ2v) is 6.79. The van der Waals surface area contributed by atoms with Crippen LogP contribution in [-0.4, -0.2) is 25.2 Å².